The first-order valence-corrected chi connectivity index (χ1v) is 9.83. The fourth-order valence-electron chi connectivity index (χ4n) is 3.03. The maximum Gasteiger partial charge on any atom is 0.265 e. The normalized spacial score (nSPS) is 22.0. The number of nitrogens with zero attached hydrogens (tertiary/aromatic N) is 3. The highest BCUT2D eigenvalue weighted by atomic mass is 32.2. The van der Waals surface area contributed by atoms with Gasteiger partial charge >= 0.3 is 0 Å². The standard InChI is InChI=1S/C16H23N3O4S/c1-12-4-5-14-13(10-12)19(24(3,21)22)11-15(23-14)16(20)18-8-6-17(2)7-9-18/h4-5,10,15H,6-9,11H2,1-3H3/t15-/m1/s1. The Morgan fingerprint density at radius 1 is 1.21 bits per heavy atom. The van der Waals surface area contributed by atoms with Crippen LogP contribution in [0.15, 0.2) is 18.2 Å². The fraction of sp³-hybridized carbons (Fsp3) is 0.562. The number of amides is 1. The molecule has 2 heterocycles. The van der Waals surface area contributed by atoms with Crippen molar-refractivity contribution in [2.75, 3.05) is 50.3 Å². The Labute approximate surface area is 142 Å². The number of fused-ring (bicyclic) bond motifs is 1. The van der Waals surface area contributed by atoms with Crippen LogP contribution in [0.4, 0.5) is 5.69 Å². The maximum atomic E-state index is 12.8. The number of rotatable bonds is 2. The zero-order chi connectivity index (χ0) is 17.5. The minimum Gasteiger partial charge on any atom is -0.476 e. The number of anilines is 1. The second-order valence-electron chi connectivity index (χ2n) is 6.50. The molecule has 1 amide bonds. The summed E-state index contributed by atoms with van der Waals surface area (Å²) in [6, 6.07) is 5.35. The first-order valence-electron chi connectivity index (χ1n) is 7.98. The van der Waals surface area contributed by atoms with Crippen LogP contribution >= 0.6 is 0 Å². The Balaban J connectivity index is 1.87. The molecule has 1 aromatic carbocycles. The summed E-state index contributed by atoms with van der Waals surface area (Å²) >= 11 is 0. The van der Waals surface area contributed by atoms with Gasteiger partial charge in [0, 0.05) is 26.2 Å². The molecule has 0 N–H and O–H groups in total. The Bertz CT molecular complexity index is 742. The smallest absolute Gasteiger partial charge is 0.265 e. The van der Waals surface area contributed by atoms with E-state index >= 15 is 0 Å². The van der Waals surface area contributed by atoms with Crippen LogP contribution in [0.3, 0.4) is 0 Å². The van der Waals surface area contributed by atoms with Gasteiger partial charge in [0.1, 0.15) is 5.75 Å². The van der Waals surface area contributed by atoms with Gasteiger partial charge in [-0.05, 0) is 31.7 Å². The van der Waals surface area contributed by atoms with Gasteiger partial charge in [-0.2, -0.15) is 0 Å². The average Bonchev–Trinajstić information content (AvgIpc) is 2.53. The van der Waals surface area contributed by atoms with E-state index in [0.29, 0.717) is 24.5 Å². The van der Waals surface area contributed by atoms with Crippen LogP contribution in [0.5, 0.6) is 5.75 Å². The summed E-state index contributed by atoms with van der Waals surface area (Å²) in [6.45, 7) is 4.79. The third-order valence-electron chi connectivity index (χ3n) is 4.47. The summed E-state index contributed by atoms with van der Waals surface area (Å²) in [5.74, 6) is 0.285. The molecule has 1 saturated heterocycles. The zero-order valence-electron chi connectivity index (χ0n) is 14.2. The van der Waals surface area contributed by atoms with E-state index in [1.807, 2.05) is 20.0 Å². The molecule has 0 radical (unpaired) electrons. The number of ether oxygens (including phenoxy) is 1. The van der Waals surface area contributed by atoms with Gasteiger partial charge in [-0.25, -0.2) is 8.42 Å². The lowest BCUT2D eigenvalue weighted by atomic mass is 10.1. The number of carbonyl (C=O) groups excluding carboxylic acids is 1. The third kappa shape index (κ3) is 3.34. The summed E-state index contributed by atoms with van der Waals surface area (Å²) in [6.07, 6.45) is 0.347. The molecule has 0 unspecified atom stereocenters. The highest BCUT2D eigenvalue weighted by molar-refractivity contribution is 7.92. The van der Waals surface area contributed by atoms with Crippen molar-refractivity contribution in [3.8, 4) is 5.75 Å². The van der Waals surface area contributed by atoms with Gasteiger partial charge < -0.3 is 14.5 Å². The predicted molar refractivity (Wildman–Crippen MR) is 91.9 cm³/mol. The highest BCUT2D eigenvalue weighted by Crippen LogP contribution is 2.36. The van der Waals surface area contributed by atoms with Gasteiger partial charge in [-0.3, -0.25) is 9.10 Å². The number of sulfonamides is 1. The molecule has 1 fully saturated rings. The van der Waals surface area contributed by atoms with E-state index in [1.165, 1.54) is 4.31 Å². The molecule has 7 nitrogen and oxygen atoms in total. The van der Waals surface area contributed by atoms with E-state index in [1.54, 1.807) is 17.0 Å². The largest absolute Gasteiger partial charge is 0.476 e. The molecular weight excluding hydrogens is 330 g/mol. The number of carbonyl (C=O) groups is 1. The van der Waals surface area contributed by atoms with Crippen LogP contribution in [-0.2, 0) is 14.8 Å². The van der Waals surface area contributed by atoms with Crippen LogP contribution < -0.4 is 9.04 Å². The Kier molecular flexibility index (Phi) is 4.44. The SMILES string of the molecule is Cc1ccc2c(c1)N(S(C)(=O)=O)C[C@H](C(=O)N1CCN(C)CC1)O2. The van der Waals surface area contributed by atoms with Crippen molar-refractivity contribution in [1.82, 2.24) is 9.80 Å². The van der Waals surface area contributed by atoms with Crippen LogP contribution in [0.1, 0.15) is 5.56 Å². The second-order valence-corrected chi connectivity index (χ2v) is 8.41. The number of benzene rings is 1. The highest BCUT2D eigenvalue weighted by Gasteiger charge is 2.37. The molecule has 0 saturated carbocycles. The molecule has 2 aliphatic heterocycles. The zero-order valence-corrected chi connectivity index (χ0v) is 15.0. The van der Waals surface area contributed by atoms with Crippen molar-refractivity contribution in [1.29, 1.82) is 0 Å². The lowest BCUT2D eigenvalue weighted by Crippen LogP contribution is -2.55. The summed E-state index contributed by atoms with van der Waals surface area (Å²) in [7, 11) is -1.47. The van der Waals surface area contributed by atoms with E-state index in [2.05, 4.69) is 4.90 Å². The fourth-order valence-corrected chi connectivity index (χ4v) is 3.94. The van der Waals surface area contributed by atoms with Crippen LogP contribution in [-0.4, -0.2) is 76.3 Å². The van der Waals surface area contributed by atoms with Crippen LogP contribution in [0.2, 0.25) is 0 Å². The van der Waals surface area contributed by atoms with Crippen molar-refractivity contribution >= 4 is 21.6 Å². The van der Waals surface area contributed by atoms with E-state index < -0.39 is 16.1 Å². The summed E-state index contributed by atoms with van der Waals surface area (Å²) in [5.41, 5.74) is 1.44. The molecule has 3 rings (SSSR count). The second kappa shape index (κ2) is 6.25. The van der Waals surface area contributed by atoms with Gasteiger partial charge in [-0.1, -0.05) is 6.07 Å². The van der Waals surface area contributed by atoms with Crippen LogP contribution in [0.25, 0.3) is 0 Å². The lowest BCUT2D eigenvalue weighted by molar-refractivity contribution is -0.140. The molecule has 0 bridgehead atoms. The summed E-state index contributed by atoms with van der Waals surface area (Å²) in [4.78, 5) is 16.7. The van der Waals surface area contributed by atoms with Crippen molar-refractivity contribution < 1.29 is 17.9 Å². The first-order chi connectivity index (χ1) is 11.3. The van der Waals surface area contributed by atoms with Gasteiger partial charge in [0.05, 0.1) is 18.5 Å². The Morgan fingerprint density at radius 3 is 2.50 bits per heavy atom. The molecule has 8 heteroatoms. The van der Waals surface area contributed by atoms with Gasteiger partial charge in [0.25, 0.3) is 5.91 Å². The molecule has 2 aliphatic rings. The molecular formula is C16H23N3O4S. The average molecular weight is 353 g/mol. The third-order valence-corrected chi connectivity index (χ3v) is 5.62. The molecule has 24 heavy (non-hydrogen) atoms. The minimum absolute atomic E-state index is 0.0143. The predicted octanol–water partition coefficient (Wildman–Crippen LogP) is 0.296. The molecule has 0 spiro atoms. The number of likely N-dealkylation sites (N-methyl/N-ethyl adjacent to an activating group) is 1. The summed E-state index contributed by atoms with van der Waals surface area (Å²) in [5, 5.41) is 0. The number of piperazine rings is 1. The topological polar surface area (TPSA) is 70.2 Å². The number of aryl methyl sites for hydroxylation is 1. The van der Waals surface area contributed by atoms with Crippen molar-refractivity contribution in [3.63, 3.8) is 0 Å². The molecule has 0 aromatic heterocycles. The van der Waals surface area contributed by atoms with Gasteiger partial charge in [-0.15, -0.1) is 0 Å². The van der Waals surface area contributed by atoms with Crippen molar-refractivity contribution in [2.24, 2.45) is 0 Å². The molecule has 132 valence electrons. The van der Waals surface area contributed by atoms with E-state index in [4.69, 9.17) is 4.74 Å². The van der Waals surface area contributed by atoms with Gasteiger partial charge in [0.15, 0.2) is 6.10 Å². The molecule has 0 aliphatic carbocycles. The Morgan fingerprint density at radius 2 is 1.88 bits per heavy atom. The van der Waals surface area contributed by atoms with E-state index in [-0.39, 0.29) is 12.5 Å². The van der Waals surface area contributed by atoms with Crippen molar-refractivity contribution in [2.45, 2.75) is 13.0 Å². The minimum atomic E-state index is -3.49. The first kappa shape index (κ1) is 17.0. The summed E-state index contributed by atoms with van der Waals surface area (Å²) < 4.78 is 31.5. The van der Waals surface area contributed by atoms with Gasteiger partial charge in [0.2, 0.25) is 10.0 Å². The van der Waals surface area contributed by atoms with Crippen molar-refractivity contribution in [3.05, 3.63) is 23.8 Å². The quantitative estimate of drug-likeness (QED) is 0.765. The van der Waals surface area contributed by atoms with E-state index in [0.717, 1.165) is 24.9 Å². The molecule has 1 aromatic rings. The number of hydrogen-bond donors (Lipinski definition) is 0. The van der Waals surface area contributed by atoms with Crippen LogP contribution in [0, 0.1) is 6.92 Å². The maximum absolute atomic E-state index is 12.8. The number of hydrogen-bond acceptors (Lipinski definition) is 5. The Hall–Kier alpha value is -1.80. The molecule has 1 atom stereocenters. The lowest BCUT2D eigenvalue weighted by Gasteiger charge is -2.38. The monoisotopic (exact) mass is 353 g/mol. The van der Waals surface area contributed by atoms with E-state index in [9.17, 15) is 13.2 Å².